The Morgan fingerprint density at radius 3 is 2.74 bits per heavy atom. The van der Waals surface area contributed by atoms with Crippen molar-refractivity contribution in [2.45, 2.75) is 33.2 Å². The van der Waals surface area contributed by atoms with E-state index in [1.165, 1.54) is 0 Å². The van der Waals surface area contributed by atoms with E-state index in [4.69, 9.17) is 0 Å². The summed E-state index contributed by atoms with van der Waals surface area (Å²) < 4.78 is 0. The quantitative estimate of drug-likeness (QED) is 0.806. The molecule has 0 aliphatic carbocycles. The Kier molecular flexibility index (Phi) is 6.70. The van der Waals surface area contributed by atoms with Crippen LogP contribution in [-0.2, 0) is 6.42 Å². The Labute approximate surface area is 119 Å². The van der Waals surface area contributed by atoms with Crippen molar-refractivity contribution >= 4 is 23.5 Å². The summed E-state index contributed by atoms with van der Waals surface area (Å²) in [5.41, 5.74) is 1.61. The maximum Gasteiger partial charge on any atom is 0.251 e. The molecule has 106 valence electrons. The van der Waals surface area contributed by atoms with Crippen LogP contribution < -0.4 is 10.6 Å². The number of carbonyl (C=O) groups is 1. The van der Waals surface area contributed by atoms with Crippen LogP contribution in [0.15, 0.2) is 12.1 Å². The lowest BCUT2D eigenvalue weighted by Crippen LogP contribution is -2.34. The summed E-state index contributed by atoms with van der Waals surface area (Å²) in [5.74, 6) is 1.65. The monoisotopic (exact) mass is 281 g/mol. The number of hydrogen-bond acceptors (Lipinski definition) is 4. The van der Waals surface area contributed by atoms with E-state index in [1.807, 2.05) is 39.2 Å². The molecule has 1 rings (SSSR count). The molecule has 0 spiro atoms. The van der Waals surface area contributed by atoms with Crippen LogP contribution in [0.25, 0.3) is 0 Å². The molecular formula is C14H23N3OS. The molecule has 1 aromatic rings. The summed E-state index contributed by atoms with van der Waals surface area (Å²) in [6.45, 7) is 6.86. The molecule has 0 aromatic carbocycles. The first kappa shape index (κ1) is 15.8. The lowest BCUT2D eigenvalue weighted by Gasteiger charge is -2.14. The van der Waals surface area contributed by atoms with Gasteiger partial charge in [-0.3, -0.25) is 4.79 Å². The van der Waals surface area contributed by atoms with E-state index < -0.39 is 0 Å². The van der Waals surface area contributed by atoms with Crippen LogP contribution in [-0.4, -0.2) is 35.5 Å². The number of hydrogen-bond donors (Lipinski definition) is 2. The van der Waals surface area contributed by atoms with Crippen molar-refractivity contribution in [1.82, 2.24) is 10.3 Å². The van der Waals surface area contributed by atoms with Crippen molar-refractivity contribution in [3.8, 4) is 0 Å². The lowest BCUT2D eigenvalue weighted by atomic mass is 10.1. The Bertz CT molecular complexity index is 423. The second-order valence-corrected chi connectivity index (χ2v) is 5.36. The topological polar surface area (TPSA) is 54.0 Å². The average Bonchev–Trinajstić information content (AvgIpc) is 2.38. The Hall–Kier alpha value is -1.23. The number of aryl methyl sites for hydroxylation is 1. The van der Waals surface area contributed by atoms with Gasteiger partial charge in [0.25, 0.3) is 5.91 Å². The highest BCUT2D eigenvalue weighted by molar-refractivity contribution is 7.98. The molecule has 0 aliphatic heterocycles. The summed E-state index contributed by atoms with van der Waals surface area (Å²) >= 11 is 1.73. The van der Waals surface area contributed by atoms with E-state index in [-0.39, 0.29) is 11.9 Å². The molecule has 1 amide bonds. The minimum atomic E-state index is -0.0298. The van der Waals surface area contributed by atoms with Gasteiger partial charge in [-0.2, -0.15) is 11.8 Å². The van der Waals surface area contributed by atoms with Gasteiger partial charge >= 0.3 is 0 Å². The van der Waals surface area contributed by atoms with E-state index >= 15 is 0 Å². The molecule has 0 aliphatic rings. The molecule has 1 atom stereocenters. The molecule has 1 aromatic heterocycles. The summed E-state index contributed by atoms with van der Waals surface area (Å²) in [5, 5.41) is 6.16. The number of rotatable bonds is 7. The second-order valence-electron chi connectivity index (χ2n) is 4.45. The van der Waals surface area contributed by atoms with Gasteiger partial charge < -0.3 is 10.6 Å². The molecule has 1 heterocycles. The van der Waals surface area contributed by atoms with Crippen molar-refractivity contribution in [2.24, 2.45) is 0 Å². The molecule has 0 saturated carbocycles. The number of anilines is 1. The van der Waals surface area contributed by atoms with Gasteiger partial charge in [-0.25, -0.2) is 4.98 Å². The maximum absolute atomic E-state index is 12.2. The highest BCUT2D eigenvalue weighted by atomic mass is 32.2. The molecule has 4 nitrogen and oxygen atoms in total. The predicted octanol–water partition coefficient (Wildman–Crippen LogP) is 2.56. The third-order valence-corrected chi connectivity index (χ3v) is 3.49. The van der Waals surface area contributed by atoms with Gasteiger partial charge in [-0.15, -0.1) is 0 Å². The third-order valence-electron chi connectivity index (χ3n) is 2.65. The zero-order chi connectivity index (χ0) is 14.3. The fraction of sp³-hybridized carbons (Fsp3) is 0.571. The van der Waals surface area contributed by atoms with E-state index in [9.17, 15) is 4.79 Å². The van der Waals surface area contributed by atoms with E-state index in [1.54, 1.807) is 11.8 Å². The van der Waals surface area contributed by atoms with E-state index in [0.29, 0.717) is 5.56 Å². The van der Waals surface area contributed by atoms with Gasteiger partial charge in [0.05, 0.1) is 0 Å². The maximum atomic E-state index is 12.2. The Balaban J connectivity index is 2.85. The van der Waals surface area contributed by atoms with Gasteiger partial charge in [0.2, 0.25) is 0 Å². The minimum Gasteiger partial charge on any atom is -0.370 e. The van der Waals surface area contributed by atoms with Crippen LogP contribution in [0.3, 0.4) is 0 Å². The zero-order valence-corrected chi connectivity index (χ0v) is 12.9. The number of carbonyl (C=O) groups excluding carboxylic acids is 1. The number of thioether (sulfide) groups is 1. The largest absolute Gasteiger partial charge is 0.370 e. The van der Waals surface area contributed by atoms with E-state index in [0.717, 1.165) is 30.2 Å². The fourth-order valence-electron chi connectivity index (χ4n) is 1.77. The molecule has 0 saturated heterocycles. The first-order chi connectivity index (χ1) is 9.10. The van der Waals surface area contributed by atoms with Gasteiger partial charge in [0.15, 0.2) is 0 Å². The van der Waals surface area contributed by atoms with Crippen LogP contribution in [0.2, 0.25) is 0 Å². The Morgan fingerprint density at radius 2 is 2.16 bits per heavy atom. The molecular weight excluding hydrogens is 258 g/mol. The van der Waals surface area contributed by atoms with Crippen LogP contribution in [0.4, 0.5) is 5.82 Å². The van der Waals surface area contributed by atoms with Gasteiger partial charge in [0.1, 0.15) is 5.82 Å². The smallest absolute Gasteiger partial charge is 0.251 e. The third kappa shape index (κ3) is 5.11. The molecule has 2 N–H and O–H groups in total. The highest BCUT2D eigenvalue weighted by Gasteiger charge is 2.11. The molecule has 5 heteroatoms. The minimum absolute atomic E-state index is 0.0298. The summed E-state index contributed by atoms with van der Waals surface area (Å²) in [6, 6.07) is 3.84. The van der Waals surface area contributed by atoms with Crippen molar-refractivity contribution in [1.29, 1.82) is 0 Å². The van der Waals surface area contributed by atoms with Gasteiger partial charge in [-0.1, -0.05) is 6.92 Å². The van der Waals surface area contributed by atoms with Crippen molar-refractivity contribution in [3.05, 3.63) is 23.4 Å². The number of nitrogens with zero attached hydrogens (tertiary/aromatic N) is 1. The molecule has 1 unspecified atom stereocenters. The van der Waals surface area contributed by atoms with Crippen molar-refractivity contribution in [3.63, 3.8) is 0 Å². The van der Waals surface area contributed by atoms with Crippen LogP contribution in [0.1, 0.15) is 36.8 Å². The summed E-state index contributed by atoms with van der Waals surface area (Å²) in [6.07, 6.45) is 2.85. The van der Waals surface area contributed by atoms with Gasteiger partial charge in [0, 0.05) is 29.6 Å². The van der Waals surface area contributed by atoms with Crippen molar-refractivity contribution < 1.29 is 4.79 Å². The lowest BCUT2D eigenvalue weighted by molar-refractivity contribution is 0.0943. The zero-order valence-electron chi connectivity index (χ0n) is 12.1. The van der Waals surface area contributed by atoms with E-state index in [2.05, 4.69) is 15.6 Å². The fourth-order valence-corrected chi connectivity index (χ4v) is 2.35. The number of nitrogens with one attached hydrogen (secondary N) is 2. The summed E-state index contributed by atoms with van der Waals surface area (Å²) in [7, 11) is 0. The number of pyridine rings is 1. The number of aromatic nitrogens is 1. The average molecular weight is 281 g/mol. The molecule has 0 radical (unpaired) electrons. The molecule has 19 heavy (non-hydrogen) atoms. The first-order valence-electron chi connectivity index (χ1n) is 6.65. The first-order valence-corrected chi connectivity index (χ1v) is 8.04. The molecule has 0 bridgehead atoms. The summed E-state index contributed by atoms with van der Waals surface area (Å²) in [4.78, 5) is 16.6. The normalized spacial score (nSPS) is 12.0. The predicted molar refractivity (Wildman–Crippen MR) is 83.1 cm³/mol. The van der Waals surface area contributed by atoms with Crippen LogP contribution >= 0.6 is 11.8 Å². The highest BCUT2D eigenvalue weighted by Crippen LogP contribution is 2.12. The number of amides is 1. The van der Waals surface area contributed by atoms with Gasteiger partial charge in [-0.05, 0) is 38.7 Å². The van der Waals surface area contributed by atoms with Crippen LogP contribution in [0, 0.1) is 0 Å². The standard InChI is InChI=1S/C14H23N3OS/c1-5-12-7-11(8-13(17-12)15-6-2)14(18)16-10(3)9-19-4/h7-8,10H,5-6,9H2,1-4H3,(H,15,17)(H,16,18). The Morgan fingerprint density at radius 1 is 1.42 bits per heavy atom. The molecule has 0 fully saturated rings. The van der Waals surface area contributed by atoms with Crippen molar-refractivity contribution in [2.75, 3.05) is 23.9 Å². The SMILES string of the molecule is CCNc1cc(C(=O)NC(C)CSC)cc(CC)n1. The second kappa shape index (κ2) is 8.04. The van der Waals surface area contributed by atoms with Crippen LogP contribution in [0.5, 0.6) is 0 Å².